The first-order valence-electron chi connectivity index (χ1n) is 11.3. The number of aromatic nitrogens is 2. The largest absolute Gasteiger partial charge is 0.326 e. The summed E-state index contributed by atoms with van der Waals surface area (Å²) in [5, 5.41) is 11.9. The Morgan fingerprint density at radius 2 is 1.51 bits per heavy atom. The molecule has 9 heteroatoms. The van der Waals surface area contributed by atoms with Crippen LogP contribution in [-0.4, -0.2) is 39.3 Å². The first kappa shape index (κ1) is 25.6. The van der Waals surface area contributed by atoms with Crippen molar-refractivity contribution in [3.63, 3.8) is 0 Å². The Hall–Kier alpha value is -3.98. The number of ketones is 2. The van der Waals surface area contributed by atoms with E-state index in [9.17, 15) is 19.2 Å². The molecule has 3 aromatic rings. The number of amides is 2. The van der Waals surface area contributed by atoms with Gasteiger partial charge in [0.15, 0.2) is 0 Å². The number of anilines is 2. The summed E-state index contributed by atoms with van der Waals surface area (Å²) < 4.78 is 0. The fraction of sp³-hybridized carbons (Fsp3) is 0.192. The van der Waals surface area contributed by atoms with E-state index in [1.54, 1.807) is 36.4 Å². The third kappa shape index (κ3) is 6.54. The van der Waals surface area contributed by atoms with Crippen molar-refractivity contribution in [2.75, 3.05) is 16.4 Å². The summed E-state index contributed by atoms with van der Waals surface area (Å²) in [5.74, 6) is -1.09. The van der Waals surface area contributed by atoms with E-state index in [4.69, 9.17) is 0 Å². The van der Waals surface area contributed by atoms with Gasteiger partial charge in [0, 0.05) is 23.9 Å². The van der Waals surface area contributed by atoms with Crippen LogP contribution in [0.1, 0.15) is 58.0 Å². The Balaban J connectivity index is 0.00000167. The normalized spacial score (nSPS) is 12.1. The first-order chi connectivity index (χ1) is 17.0. The van der Waals surface area contributed by atoms with E-state index in [0.717, 1.165) is 5.69 Å². The maximum atomic E-state index is 13.0. The van der Waals surface area contributed by atoms with E-state index in [0.29, 0.717) is 17.9 Å². The number of fused-ring (bicyclic) bond motifs is 1. The lowest BCUT2D eigenvalue weighted by Crippen LogP contribution is -2.20. The Morgan fingerprint density at radius 1 is 0.914 bits per heavy atom. The van der Waals surface area contributed by atoms with E-state index in [1.807, 2.05) is 38.1 Å². The van der Waals surface area contributed by atoms with E-state index in [1.165, 1.54) is 17.8 Å². The van der Waals surface area contributed by atoms with Crippen LogP contribution in [0.25, 0.3) is 0 Å². The van der Waals surface area contributed by atoms with Crippen molar-refractivity contribution in [2.24, 2.45) is 0 Å². The van der Waals surface area contributed by atoms with Crippen molar-refractivity contribution in [1.82, 2.24) is 10.2 Å². The minimum absolute atomic E-state index is 0.0275. The number of aromatic amines is 1. The molecule has 4 rings (SSSR count). The molecule has 0 unspecified atom stereocenters. The average Bonchev–Trinajstić information content (AvgIpc) is 3.34. The van der Waals surface area contributed by atoms with Crippen LogP contribution in [0.2, 0.25) is 0 Å². The number of thioether (sulfide) groups is 1. The number of para-hydroxylation sites is 2. The van der Waals surface area contributed by atoms with Crippen LogP contribution in [0.15, 0.2) is 71.6 Å². The van der Waals surface area contributed by atoms with Gasteiger partial charge in [-0.2, -0.15) is 5.10 Å². The zero-order valence-electron chi connectivity index (χ0n) is 19.5. The monoisotopic (exact) mass is 490 g/mol. The number of nitrogens with one attached hydrogen (secondary N) is 3. The minimum atomic E-state index is -0.556. The average molecular weight is 491 g/mol. The second-order valence-electron chi connectivity index (χ2n) is 7.21. The molecule has 2 aromatic carbocycles. The number of hydrogen-bond donors (Lipinski definition) is 3. The molecule has 1 aromatic heterocycles. The van der Waals surface area contributed by atoms with E-state index in [2.05, 4.69) is 20.8 Å². The standard InChI is InChI=1S/C24H20N4O4S.C2H6/c29-17-14-18(33-13-7-12-19(30)25-15-8-3-1-4-9-15)23(31)20-21(17)27-28-22(20)24(32)26-16-10-5-2-6-11-16;1-2/h1-6,8-11,14H,7,12-13H2,(H,25,30)(H,26,32)(H,27,28);1-2H3. The molecule has 0 atom stereocenters. The van der Waals surface area contributed by atoms with Crippen LogP contribution in [0.5, 0.6) is 0 Å². The fourth-order valence-corrected chi connectivity index (χ4v) is 4.20. The second kappa shape index (κ2) is 12.5. The van der Waals surface area contributed by atoms with Gasteiger partial charge >= 0.3 is 0 Å². The van der Waals surface area contributed by atoms with Crippen molar-refractivity contribution in [2.45, 2.75) is 26.7 Å². The molecule has 0 fully saturated rings. The number of nitrogens with zero attached hydrogens (tertiary/aromatic N) is 1. The third-order valence-electron chi connectivity index (χ3n) is 4.83. The molecule has 0 radical (unpaired) electrons. The van der Waals surface area contributed by atoms with Crippen LogP contribution >= 0.6 is 11.8 Å². The number of carbonyl (C=O) groups excluding carboxylic acids is 4. The lowest BCUT2D eigenvalue weighted by atomic mass is 9.99. The van der Waals surface area contributed by atoms with Gasteiger partial charge in [0.05, 0.1) is 10.5 Å². The molecule has 3 N–H and O–H groups in total. The maximum Gasteiger partial charge on any atom is 0.274 e. The highest BCUT2D eigenvalue weighted by molar-refractivity contribution is 8.04. The molecule has 180 valence electrons. The van der Waals surface area contributed by atoms with Crippen molar-refractivity contribution in [3.05, 3.63) is 88.6 Å². The van der Waals surface area contributed by atoms with E-state index in [-0.39, 0.29) is 34.2 Å². The molecular weight excluding hydrogens is 464 g/mol. The molecular formula is C26H26N4O4S. The topological polar surface area (TPSA) is 121 Å². The van der Waals surface area contributed by atoms with Gasteiger partial charge in [-0.3, -0.25) is 24.3 Å². The SMILES string of the molecule is CC.O=C(CCCSC1=CC(=O)c2n[nH]c(C(=O)Nc3ccccc3)c2C1=O)Nc1ccccc1. The summed E-state index contributed by atoms with van der Waals surface area (Å²) >= 11 is 1.19. The van der Waals surface area contributed by atoms with Crippen LogP contribution < -0.4 is 10.6 Å². The summed E-state index contributed by atoms with van der Waals surface area (Å²) in [5.41, 5.74) is 1.13. The lowest BCUT2D eigenvalue weighted by Gasteiger charge is -2.12. The molecule has 1 aliphatic rings. The van der Waals surface area contributed by atoms with Crippen molar-refractivity contribution in [3.8, 4) is 0 Å². The Morgan fingerprint density at radius 3 is 2.14 bits per heavy atom. The Labute approximate surface area is 207 Å². The van der Waals surface area contributed by atoms with Gasteiger partial charge in [-0.1, -0.05) is 50.2 Å². The van der Waals surface area contributed by atoms with Crippen molar-refractivity contribution in [1.29, 1.82) is 0 Å². The van der Waals surface area contributed by atoms with Gasteiger partial charge in [-0.25, -0.2) is 0 Å². The predicted octanol–water partition coefficient (Wildman–Crippen LogP) is 5.10. The fourth-order valence-electron chi connectivity index (χ4n) is 3.26. The zero-order valence-corrected chi connectivity index (χ0v) is 20.3. The van der Waals surface area contributed by atoms with Crippen LogP contribution in [-0.2, 0) is 4.79 Å². The second-order valence-corrected chi connectivity index (χ2v) is 8.35. The van der Waals surface area contributed by atoms with Crippen molar-refractivity contribution < 1.29 is 19.2 Å². The smallest absolute Gasteiger partial charge is 0.274 e. The number of allylic oxidation sites excluding steroid dienone is 2. The Bertz CT molecular complexity index is 1240. The number of hydrogen-bond acceptors (Lipinski definition) is 6. The van der Waals surface area contributed by atoms with Gasteiger partial charge in [0.2, 0.25) is 17.5 Å². The highest BCUT2D eigenvalue weighted by Gasteiger charge is 2.33. The van der Waals surface area contributed by atoms with Gasteiger partial charge < -0.3 is 10.6 Å². The van der Waals surface area contributed by atoms with Gasteiger partial charge in [-0.05, 0) is 36.4 Å². The van der Waals surface area contributed by atoms with Crippen molar-refractivity contribution >= 4 is 46.5 Å². The number of carbonyl (C=O) groups is 4. The summed E-state index contributed by atoms with van der Waals surface area (Å²) in [4.78, 5) is 50.4. The van der Waals surface area contributed by atoms with E-state index < -0.39 is 17.5 Å². The summed E-state index contributed by atoms with van der Waals surface area (Å²) in [7, 11) is 0. The molecule has 0 saturated heterocycles. The minimum Gasteiger partial charge on any atom is -0.326 e. The number of rotatable bonds is 8. The number of H-pyrrole nitrogens is 1. The van der Waals surface area contributed by atoms with Gasteiger partial charge in [0.1, 0.15) is 11.4 Å². The summed E-state index contributed by atoms with van der Waals surface area (Å²) in [6, 6.07) is 17.9. The molecule has 2 amide bonds. The molecule has 0 saturated carbocycles. The highest BCUT2D eigenvalue weighted by atomic mass is 32.2. The molecule has 8 nitrogen and oxygen atoms in total. The van der Waals surface area contributed by atoms with Gasteiger partial charge in [-0.15, -0.1) is 11.8 Å². The quantitative estimate of drug-likeness (QED) is 0.378. The van der Waals surface area contributed by atoms with Crippen LogP contribution in [0.3, 0.4) is 0 Å². The molecule has 1 heterocycles. The summed E-state index contributed by atoms with van der Waals surface area (Å²) in [6.45, 7) is 4.00. The van der Waals surface area contributed by atoms with Gasteiger partial charge in [0.25, 0.3) is 5.91 Å². The van der Waals surface area contributed by atoms with Crippen LogP contribution in [0, 0.1) is 0 Å². The molecule has 0 bridgehead atoms. The molecule has 0 aliphatic heterocycles. The predicted molar refractivity (Wildman–Crippen MR) is 138 cm³/mol. The molecule has 1 aliphatic carbocycles. The molecule has 35 heavy (non-hydrogen) atoms. The first-order valence-corrected chi connectivity index (χ1v) is 12.2. The number of Topliss-reactive ketones (excluding diaryl/α,β-unsaturated/α-hetero) is 1. The molecule has 0 spiro atoms. The maximum absolute atomic E-state index is 13.0. The zero-order chi connectivity index (χ0) is 25.2. The Kier molecular flexibility index (Phi) is 9.14. The summed E-state index contributed by atoms with van der Waals surface area (Å²) in [6.07, 6.45) is 2.03. The van der Waals surface area contributed by atoms with E-state index >= 15 is 0 Å². The number of benzene rings is 2. The third-order valence-corrected chi connectivity index (χ3v) is 5.94. The highest BCUT2D eigenvalue weighted by Crippen LogP contribution is 2.30. The van der Waals surface area contributed by atoms with Crippen LogP contribution in [0.4, 0.5) is 11.4 Å². The lowest BCUT2D eigenvalue weighted by molar-refractivity contribution is -0.116.